The molecule has 1 fully saturated rings. The van der Waals surface area contributed by atoms with Gasteiger partial charge in [-0.05, 0) is 44.2 Å². The molecule has 2 N–H and O–H groups in total. The predicted octanol–water partition coefficient (Wildman–Crippen LogP) is 3.85. The topological polar surface area (TPSA) is 101 Å². The Morgan fingerprint density at radius 1 is 1.12 bits per heavy atom. The van der Waals surface area contributed by atoms with Crippen molar-refractivity contribution in [3.8, 4) is 11.8 Å². The minimum atomic E-state index is -3.87. The summed E-state index contributed by atoms with van der Waals surface area (Å²) in [5.41, 5.74) is 1.07. The number of aromatic nitrogens is 3. The van der Waals surface area contributed by atoms with Gasteiger partial charge in [-0.25, -0.2) is 13.1 Å². The molecule has 1 aromatic heterocycles. The molecule has 0 bridgehead atoms. The van der Waals surface area contributed by atoms with Crippen LogP contribution in [0.3, 0.4) is 0 Å². The number of anilines is 1. The zero-order chi connectivity index (χ0) is 24.3. The summed E-state index contributed by atoms with van der Waals surface area (Å²) in [4.78, 5) is 2.30. The van der Waals surface area contributed by atoms with E-state index in [0.717, 1.165) is 31.9 Å². The Balaban J connectivity index is 1.52. The lowest BCUT2D eigenvalue weighted by atomic mass is 10.2. The Bertz CT molecular complexity index is 1260. The van der Waals surface area contributed by atoms with Crippen molar-refractivity contribution >= 4 is 38.9 Å². The number of ether oxygens (including phenoxy) is 1. The minimum Gasteiger partial charge on any atom is -0.424 e. The van der Waals surface area contributed by atoms with E-state index < -0.39 is 16.1 Å². The van der Waals surface area contributed by atoms with Crippen LogP contribution in [0.25, 0.3) is 0 Å². The van der Waals surface area contributed by atoms with Gasteiger partial charge >= 0.3 is 6.01 Å². The van der Waals surface area contributed by atoms with Gasteiger partial charge in [-0.2, -0.15) is 0 Å². The van der Waals surface area contributed by atoms with E-state index >= 15 is 0 Å². The van der Waals surface area contributed by atoms with Crippen LogP contribution in [-0.2, 0) is 16.6 Å². The molecule has 34 heavy (non-hydrogen) atoms. The van der Waals surface area contributed by atoms with Gasteiger partial charge in [0, 0.05) is 44.5 Å². The van der Waals surface area contributed by atoms with Crippen molar-refractivity contribution in [3.05, 3.63) is 58.3 Å². The first-order valence-corrected chi connectivity index (χ1v) is 13.2. The maximum atomic E-state index is 12.9. The fourth-order valence-electron chi connectivity index (χ4n) is 3.76. The number of nitrogens with one attached hydrogen (secondary N) is 2. The highest BCUT2D eigenvalue weighted by atomic mass is 35.5. The third-order valence-electron chi connectivity index (χ3n) is 5.49. The highest BCUT2D eigenvalue weighted by molar-refractivity contribution is 7.89. The summed E-state index contributed by atoms with van der Waals surface area (Å²) in [5, 5.41) is 12.2. The van der Waals surface area contributed by atoms with Crippen molar-refractivity contribution in [2.75, 3.05) is 31.1 Å². The van der Waals surface area contributed by atoms with Crippen LogP contribution >= 0.6 is 23.2 Å². The molecule has 0 spiro atoms. The normalized spacial score (nSPS) is 15.4. The molecule has 182 valence electrons. The molecule has 2 aromatic carbocycles. The molecule has 3 aromatic rings. The van der Waals surface area contributed by atoms with Gasteiger partial charge in [0.05, 0.1) is 21.0 Å². The highest BCUT2D eigenvalue weighted by Crippen LogP contribution is 2.28. The van der Waals surface area contributed by atoms with Crippen LogP contribution < -0.4 is 19.7 Å². The molecule has 1 aliphatic rings. The van der Waals surface area contributed by atoms with Crippen LogP contribution in [-0.4, -0.2) is 49.4 Å². The number of piperazine rings is 1. The van der Waals surface area contributed by atoms with Crippen LogP contribution in [0.1, 0.15) is 25.7 Å². The molecule has 4 rings (SSSR count). The summed E-state index contributed by atoms with van der Waals surface area (Å²) >= 11 is 11.9. The largest absolute Gasteiger partial charge is 0.424 e. The minimum absolute atomic E-state index is 0.0116. The fourth-order valence-corrected chi connectivity index (χ4v) is 5.35. The Morgan fingerprint density at radius 2 is 1.88 bits per heavy atom. The number of benzene rings is 2. The monoisotopic (exact) mass is 524 g/mol. The summed E-state index contributed by atoms with van der Waals surface area (Å²) < 4.78 is 36.1. The molecular formula is C22H26Cl2N6O3S. The lowest BCUT2D eigenvalue weighted by Gasteiger charge is -2.29. The molecule has 0 radical (unpaired) electrons. The number of rotatable bonds is 8. The van der Waals surface area contributed by atoms with Crippen molar-refractivity contribution in [1.29, 1.82) is 0 Å². The number of hydrogen-bond donors (Lipinski definition) is 2. The quantitative estimate of drug-likeness (QED) is 0.461. The average molecular weight is 525 g/mol. The first-order valence-electron chi connectivity index (χ1n) is 10.9. The number of sulfonamides is 1. The Hall–Kier alpha value is -2.37. The average Bonchev–Trinajstić information content (AvgIpc) is 3.24. The third-order valence-corrected chi connectivity index (χ3v) is 7.77. The molecule has 1 saturated heterocycles. The standard InChI is InChI=1S/C22H26Cl2N6O3S/c1-3-30-21(15(2)28-34(31,32)18-7-8-19(23)20(24)14-18)26-27-22(30)33-17-6-4-5-16(13-17)29-11-9-25-10-12-29/h4-8,13-15,25,28H,3,9-12H2,1-2H3. The number of halogens is 2. The van der Waals surface area contributed by atoms with Crippen molar-refractivity contribution in [1.82, 2.24) is 24.8 Å². The maximum Gasteiger partial charge on any atom is 0.322 e. The molecule has 1 atom stereocenters. The first kappa shape index (κ1) is 24.7. The molecule has 0 saturated carbocycles. The maximum absolute atomic E-state index is 12.9. The SMILES string of the molecule is CCn1c(Oc2cccc(N3CCNCC3)c2)nnc1C(C)NS(=O)(=O)c1ccc(Cl)c(Cl)c1. The molecule has 1 unspecified atom stereocenters. The molecule has 0 amide bonds. The zero-order valence-electron chi connectivity index (χ0n) is 18.8. The Morgan fingerprint density at radius 3 is 2.59 bits per heavy atom. The van der Waals surface area contributed by atoms with Gasteiger partial charge < -0.3 is 15.0 Å². The van der Waals surface area contributed by atoms with Gasteiger partial charge in [0.15, 0.2) is 5.82 Å². The molecule has 9 nitrogen and oxygen atoms in total. The summed E-state index contributed by atoms with van der Waals surface area (Å²) in [5.74, 6) is 1.06. The van der Waals surface area contributed by atoms with Gasteiger partial charge in [0.1, 0.15) is 5.75 Å². The van der Waals surface area contributed by atoms with E-state index in [2.05, 4.69) is 25.1 Å². The Labute approximate surface area is 209 Å². The summed E-state index contributed by atoms with van der Waals surface area (Å²) in [6, 6.07) is 11.6. The second-order valence-corrected chi connectivity index (χ2v) is 10.4. The second-order valence-electron chi connectivity index (χ2n) is 7.84. The molecule has 1 aliphatic heterocycles. The van der Waals surface area contributed by atoms with E-state index in [0.29, 0.717) is 18.1 Å². The summed E-state index contributed by atoms with van der Waals surface area (Å²) in [6.45, 7) is 7.83. The lowest BCUT2D eigenvalue weighted by Crippen LogP contribution is -2.43. The number of nitrogens with zero attached hydrogens (tertiary/aromatic N) is 4. The van der Waals surface area contributed by atoms with Crippen molar-refractivity contribution in [3.63, 3.8) is 0 Å². The second kappa shape index (κ2) is 10.5. The zero-order valence-corrected chi connectivity index (χ0v) is 21.2. The van der Waals surface area contributed by atoms with E-state index in [1.807, 2.05) is 31.2 Å². The van der Waals surface area contributed by atoms with E-state index in [1.54, 1.807) is 11.5 Å². The lowest BCUT2D eigenvalue weighted by molar-refractivity contribution is 0.407. The third kappa shape index (κ3) is 5.47. The van der Waals surface area contributed by atoms with Crippen LogP contribution in [0.5, 0.6) is 11.8 Å². The van der Waals surface area contributed by atoms with E-state index in [4.69, 9.17) is 27.9 Å². The van der Waals surface area contributed by atoms with Crippen molar-refractivity contribution in [2.24, 2.45) is 0 Å². The van der Waals surface area contributed by atoms with Crippen LogP contribution in [0.15, 0.2) is 47.4 Å². The van der Waals surface area contributed by atoms with Crippen molar-refractivity contribution in [2.45, 2.75) is 31.3 Å². The molecule has 0 aliphatic carbocycles. The fraction of sp³-hybridized carbons (Fsp3) is 0.364. The van der Waals surface area contributed by atoms with Gasteiger partial charge in [0.2, 0.25) is 10.0 Å². The Kier molecular flexibility index (Phi) is 7.63. The highest BCUT2D eigenvalue weighted by Gasteiger charge is 2.24. The summed E-state index contributed by atoms with van der Waals surface area (Å²) in [6.07, 6.45) is 0. The van der Waals surface area contributed by atoms with Gasteiger partial charge in [0.25, 0.3) is 0 Å². The molecule has 2 heterocycles. The first-order chi connectivity index (χ1) is 16.3. The summed E-state index contributed by atoms with van der Waals surface area (Å²) in [7, 11) is -3.87. The molecule has 12 heteroatoms. The van der Waals surface area contributed by atoms with Crippen molar-refractivity contribution < 1.29 is 13.2 Å². The smallest absolute Gasteiger partial charge is 0.322 e. The van der Waals surface area contributed by atoms with Crippen LogP contribution in [0.2, 0.25) is 10.0 Å². The van der Waals surface area contributed by atoms with E-state index in [-0.39, 0.29) is 21.0 Å². The van der Waals surface area contributed by atoms with Gasteiger partial charge in [-0.15, -0.1) is 5.10 Å². The van der Waals surface area contributed by atoms with E-state index in [1.165, 1.54) is 18.2 Å². The van der Waals surface area contributed by atoms with Crippen LogP contribution in [0, 0.1) is 0 Å². The van der Waals surface area contributed by atoms with Gasteiger partial charge in [-0.3, -0.25) is 4.57 Å². The molecular weight excluding hydrogens is 499 g/mol. The predicted molar refractivity (Wildman–Crippen MR) is 132 cm³/mol. The van der Waals surface area contributed by atoms with Crippen LogP contribution in [0.4, 0.5) is 5.69 Å². The van der Waals surface area contributed by atoms with Gasteiger partial charge in [-0.1, -0.05) is 34.4 Å². The van der Waals surface area contributed by atoms with E-state index in [9.17, 15) is 8.42 Å². The number of hydrogen-bond acceptors (Lipinski definition) is 7.